The zero-order chi connectivity index (χ0) is 7.61. The zero-order valence-electron chi connectivity index (χ0n) is 5.44. The van der Waals surface area contributed by atoms with E-state index in [0.29, 0.717) is 0 Å². The Balaban J connectivity index is 2.62. The highest BCUT2D eigenvalue weighted by Gasteiger charge is 2.27. The van der Waals surface area contributed by atoms with E-state index in [0.717, 1.165) is 0 Å². The largest absolute Gasteiger partial charge is 0.409 e. The van der Waals surface area contributed by atoms with Crippen LogP contribution in [0.3, 0.4) is 0 Å². The molecule has 10 heavy (non-hydrogen) atoms. The van der Waals surface area contributed by atoms with E-state index >= 15 is 0 Å². The second-order valence-corrected chi connectivity index (χ2v) is 1.89. The molecule has 1 rings (SSSR count). The van der Waals surface area contributed by atoms with E-state index in [4.69, 9.17) is 5.11 Å². The first-order chi connectivity index (χ1) is 4.62. The first-order valence-electron chi connectivity index (χ1n) is 2.77. The Morgan fingerprint density at radius 1 is 1.80 bits per heavy atom. The Hall–Kier alpha value is -1.16. The van der Waals surface area contributed by atoms with Gasteiger partial charge in [0.05, 0.1) is 0 Å². The minimum absolute atomic E-state index is 0.564. The Morgan fingerprint density at radius 3 is 2.90 bits per heavy atom. The predicted octanol–water partition coefficient (Wildman–Crippen LogP) is -0.164. The standard InChI is InChI=1S/C6H7NO3/c1-5(8)10-6(9)3-2-4-7-6/h2-4,9H,1H3. The van der Waals surface area contributed by atoms with Crippen molar-refractivity contribution in [3.63, 3.8) is 0 Å². The molecule has 0 fully saturated rings. The molecule has 0 bridgehead atoms. The molecule has 1 heterocycles. The number of carbonyl (C=O) groups excluding carboxylic acids is 1. The van der Waals surface area contributed by atoms with Crippen molar-refractivity contribution >= 4 is 12.2 Å². The minimum atomic E-state index is -1.74. The molecule has 0 aromatic rings. The summed E-state index contributed by atoms with van der Waals surface area (Å²) in [5.74, 6) is -2.31. The number of esters is 1. The van der Waals surface area contributed by atoms with Crippen molar-refractivity contribution in [3.8, 4) is 0 Å². The molecular formula is C6H7NO3. The van der Waals surface area contributed by atoms with Gasteiger partial charge in [-0.05, 0) is 6.08 Å². The summed E-state index contributed by atoms with van der Waals surface area (Å²) in [5.41, 5.74) is 0. The van der Waals surface area contributed by atoms with E-state index in [-0.39, 0.29) is 0 Å². The molecule has 1 N–H and O–H groups in total. The van der Waals surface area contributed by atoms with Crippen molar-refractivity contribution in [1.29, 1.82) is 0 Å². The zero-order valence-corrected chi connectivity index (χ0v) is 5.44. The molecule has 0 radical (unpaired) electrons. The van der Waals surface area contributed by atoms with Crippen LogP contribution in [0.15, 0.2) is 17.1 Å². The van der Waals surface area contributed by atoms with Crippen LogP contribution in [0, 0.1) is 0 Å². The lowest BCUT2D eigenvalue weighted by Gasteiger charge is -2.14. The van der Waals surface area contributed by atoms with Gasteiger partial charge in [0.25, 0.3) is 0 Å². The molecule has 4 heteroatoms. The fourth-order valence-corrected chi connectivity index (χ4v) is 0.633. The molecule has 0 aliphatic carbocycles. The van der Waals surface area contributed by atoms with Crippen LogP contribution in [-0.4, -0.2) is 23.2 Å². The Bertz CT molecular complexity index is 195. The van der Waals surface area contributed by atoms with Gasteiger partial charge in [-0.15, -0.1) is 0 Å². The second kappa shape index (κ2) is 2.22. The number of hydrogen-bond acceptors (Lipinski definition) is 4. The van der Waals surface area contributed by atoms with Crippen LogP contribution < -0.4 is 0 Å². The van der Waals surface area contributed by atoms with Crippen molar-refractivity contribution in [2.45, 2.75) is 12.8 Å². The number of carbonyl (C=O) groups is 1. The summed E-state index contributed by atoms with van der Waals surface area (Å²) in [6.07, 6.45) is 4.15. The van der Waals surface area contributed by atoms with E-state index in [1.54, 1.807) is 0 Å². The third-order valence-electron chi connectivity index (χ3n) is 0.953. The predicted molar refractivity (Wildman–Crippen MR) is 34.3 cm³/mol. The summed E-state index contributed by atoms with van der Waals surface area (Å²) in [6.45, 7) is 1.21. The van der Waals surface area contributed by atoms with E-state index in [1.807, 2.05) is 0 Å². The summed E-state index contributed by atoms with van der Waals surface area (Å²) >= 11 is 0. The Kier molecular flexibility index (Phi) is 1.55. The number of allylic oxidation sites excluding steroid dienone is 1. The third kappa shape index (κ3) is 1.41. The molecule has 0 aromatic heterocycles. The fourth-order valence-electron chi connectivity index (χ4n) is 0.633. The fraction of sp³-hybridized carbons (Fsp3) is 0.333. The quantitative estimate of drug-likeness (QED) is 0.407. The van der Waals surface area contributed by atoms with Gasteiger partial charge in [0.1, 0.15) is 0 Å². The summed E-state index contributed by atoms with van der Waals surface area (Å²) < 4.78 is 4.43. The third-order valence-corrected chi connectivity index (χ3v) is 0.953. The van der Waals surface area contributed by atoms with Crippen LogP contribution in [-0.2, 0) is 9.53 Å². The van der Waals surface area contributed by atoms with Crippen LogP contribution >= 0.6 is 0 Å². The Morgan fingerprint density at radius 2 is 2.50 bits per heavy atom. The van der Waals surface area contributed by atoms with Gasteiger partial charge in [-0.2, -0.15) is 0 Å². The van der Waals surface area contributed by atoms with Gasteiger partial charge in [-0.1, -0.05) is 0 Å². The highest BCUT2D eigenvalue weighted by Crippen LogP contribution is 2.14. The average Bonchev–Trinajstić information content (AvgIpc) is 2.12. The molecule has 0 aromatic carbocycles. The number of nitrogens with zero attached hydrogens (tertiary/aromatic N) is 1. The van der Waals surface area contributed by atoms with Crippen LogP contribution in [0.1, 0.15) is 6.92 Å². The molecule has 4 nitrogen and oxygen atoms in total. The topological polar surface area (TPSA) is 58.9 Å². The second-order valence-electron chi connectivity index (χ2n) is 1.89. The Labute approximate surface area is 57.8 Å². The van der Waals surface area contributed by atoms with Gasteiger partial charge in [-0.25, -0.2) is 4.99 Å². The smallest absolute Gasteiger partial charge is 0.333 e. The average molecular weight is 141 g/mol. The summed E-state index contributed by atoms with van der Waals surface area (Å²) in [7, 11) is 0. The molecule has 0 saturated carbocycles. The lowest BCUT2D eigenvalue weighted by atomic mass is 10.5. The van der Waals surface area contributed by atoms with E-state index < -0.39 is 11.9 Å². The minimum Gasteiger partial charge on any atom is -0.409 e. The van der Waals surface area contributed by atoms with Gasteiger partial charge >= 0.3 is 11.9 Å². The molecule has 1 unspecified atom stereocenters. The maximum atomic E-state index is 10.3. The number of hydrogen-bond donors (Lipinski definition) is 1. The van der Waals surface area contributed by atoms with Gasteiger partial charge < -0.3 is 9.84 Å². The first-order valence-corrected chi connectivity index (χ1v) is 2.77. The lowest BCUT2D eigenvalue weighted by molar-refractivity contribution is -0.184. The summed E-state index contributed by atoms with van der Waals surface area (Å²) in [4.78, 5) is 13.8. The highest BCUT2D eigenvalue weighted by atomic mass is 16.7. The monoisotopic (exact) mass is 141 g/mol. The van der Waals surface area contributed by atoms with E-state index in [9.17, 15) is 4.79 Å². The van der Waals surface area contributed by atoms with Crippen molar-refractivity contribution < 1.29 is 14.6 Å². The van der Waals surface area contributed by atoms with Gasteiger partial charge in [0.15, 0.2) is 0 Å². The van der Waals surface area contributed by atoms with Gasteiger partial charge in [0.2, 0.25) is 0 Å². The number of aliphatic hydroxyl groups is 1. The van der Waals surface area contributed by atoms with Crippen LogP contribution in [0.5, 0.6) is 0 Å². The van der Waals surface area contributed by atoms with Crippen molar-refractivity contribution in [1.82, 2.24) is 0 Å². The number of ether oxygens (including phenoxy) is 1. The SMILES string of the molecule is CC(=O)OC1(O)C=CC=N1. The lowest BCUT2D eigenvalue weighted by Crippen LogP contribution is -2.27. The van der Waals surface area contributed by atoms with Gasteiger partial charge in [-0.3, -0.25) is 4.79 Å². The number of rotatable bonds is 1. The van der Waals surface area contributed by atoms with Crippen LogP contribution in [0.25, 0.3) is 0 Å². The summed E-state index contributed by atoms with van der Waals surface area (Å²) in [6, 6.07) is 0. The van der Waals surface area contributed by atoms with Crippen molar-refractivity contribution in [2.75, 3.05) is 0 Å². The first kappa shape index (κ1) is 6.95. The maximum Gasteiger partial charge on any atom is 0.333 e. The maximum absolute atomic E-state index is 10.3. The van der Waals surface area contributed by atoms with Crippen molar-refractivity contribution in [2.24, 2.45) is 4.99 Å². The highest BCUT2D eigenvalue weighted by molar-refractivity contribution is 5.75. The van der Waals surface area contributed by atoms with Crippen LogP contribution in [0.4, 0.5) is 0 Å². The molecule has 1 atom stereocenters. The van der Waals surface area contributed by atoms with Crippen LogP contribution in [0.2, 0.25) is 0 Å². The number of aliphatic imine (C=N–C) groups is 1. The van der Waals surface area contributed by atoms with E-state index in [2.05, 4.69) is 9.73 Å². The molecule has 0 saturated heterocycles. The van der Waals surface area contributed by atoms with Crippen molar-refractivity contribution in [3.05, 3.63) is 12.2 Å². The normalized spacial score (nSPS) is 29.0. The molecule has 0 amide bonds. The molecule has 0 spiro atoms. The molecule has 1 aliphatic heterocycles. The van der Waals surface area contributed by atoms with Gasteiger partial charge in [0, 0.05) is 19.2 Å². The summed E-state index contributed by atoms with van der Waals surface area (Å²) in [5, 5.41) is 9.13. The van der Waals surface area contributed by atoms with E-state index in [1.165, 1.54) is 25.3 Å². The molecule has 1 aliphatic rings. The molecular weight excluding hydrogens is 134 g/mol. The molecule has 54 valence electrons.